The standard InChI is InChI=1S/C23H21ClFNO4/c1-14-6-8-16(23(27)28)11-20(14)26-12-15-7-9-21(22(10-15)29-2)30-13-17-18(24)4-3-5-19(17)25/h3-11,26H,12-13H2,1-2H3,(H,27,28). The lowest BCUT2D eigenvalue weighted by molar-refractivity contribution is 0.0697. The average molecular weight is 430 g/mol. The number of benzene rings is 3. The van der Waals surface area contributed by atoms with E-state index in [4.69, 9.17) is 26.2 Å². The van der Waals surface area contributed by atoms with Gasteiger partial charge in [-0.2, -0.15) is 0 Å². The fourth-order valence-electron chi connectivity index (χ4n) is 2.90. The molecular weight excluding hydrogens is 409 g/mol. The van der Waals surface area contributed by atoms with E-state index >= 15 is 0 Å². The first-order chi connectivity index (χ1) is 14.4. The maximum absolute atomic E-state index is 13.9. The molecule has 3 rings (SSSR count). The minimum atomic E-state index is -0.976. The fourth-order valence-corrected chi connectivity index (χ4v) is 3.12. The first-order valence-electron chi connectivity index (χ1n) is 9.19. The molecule has 0 heterocycles. The first kappa shape index (κ1) is 21.5. The quantitative estimate of drug-likeness (QED) is 0.481. The zero-order chi connectivity index (χ0) is 21.7. The lowest BCUT2D eigenvalue weighted by atomic mass is 10.1. The molecule has 0 unspecified atom stereocenters. The second kappa shape index (κ2) is 9.50. The average Bonchev–Trinajstić information content (AvgIpc) is 2.73. The van der Waals surface area contributed by atoms with Crippen LogP contribution in [0.1, 0.15) is 27.0 Å². The van der Waals surface area contributed by atoms with Gasteiger partial charge in [0.2, 0.25) is 0 Å². The number of anilines is 1. The number of ether oxygens (including phenoxy) is 2. The van der Waals surface area contributed by atoms with Gasteiger partial charge in [-0.05, 0) is 54.4 Å². The molecule has 3 aromatic rings. The summed E-state index contributed by atoms with van der Waals surface area (Å²) in [4.78, 5) is 11.2. The molecule has 0 saturated carbocycles. The largest absolute Gasteiger partial charge is 0.493 e. The van der Waals surface area contributed by atoms with Crippen molar-refractivity contribution in [3.8, 4) is 11.5 Å². The van der Waals surface area contributed by atoms with Crippen LogP contribution in [0.5, 0.6) is 11.5 Å². The summed E-state index contributed by atoms with van der Waals surface area (Å²) in [6.45, 7) is 2.33. The number of aromatic carboxylic acids is 1. The van der Waals surface area contributed by atoms with Crippen LogP contribution in [0, 0.1) is 12.7 Å². The highest BCUT2D eigenvalue weighted by molar-refractivity contribution is 6.31. The molecule has 0 spiro atoms. The highest BCUT2D eigenvalue weighted by Gasteiger charge is 2.11. The van der Waals surface area contributed by atoms with Gasteiger partial charge >= 0.3 is 5.97 Å². The number of hydrogen-bond donors (Lipinski definition) is 2. The number of nitrogens with one attached hydrogen (secondary N) is 1. The fraction of sp³-hybridized carbons (Fsp3) is 0.174. The van der Waals surface area contributed by atoms with Gasteiger partial charge in [-0.15, -0.1) is 0 Å². The molecule has 7 heteroatoms. The lowest BCUT2D eigenvalue weighted by Gasteiger charge is -2.15. The Morgan fingerprint density at radius 2 is 1.93 bits per heavy atom. The zero-order valence-electron chi connectivity index (χ0n) is 16.5. The molecule has 0 amide bonds. The Morgan fingerprint density at radius 1 is 1.13 bits per heavy atom. The van der Waals surface area contributed by atoms with Gasteiger partial charge in [-0.25, -0.2) is 9.18 Å². The number of halogens is 2. The van der Waals surface area contributed by atoms with E-state index in [1.165, 1.54) is 19.2 Å². The molecule has 0 fully saturated rings. The van der Waals surface area contributed by atoms with Crippen molar-refractivity contribution in [2.75, 3.05) is 12.4 Å². The first-order valence-corrected chi connectivity index (χ1v) is 9.57. The minimum absolute atomic E-state index is 0.0271. The highest BCUT2D eigenvalue weighted by Crippen LogP contribution is 2.30. The Bertz CT molecular complexity index is 1050. The lowest BCUT2D eigenvalue weighted by Crippen LogP contribution is -2.05. The van der Waals surface area contributed by atoms with Gasteiger partial charge in [0.15, 0.2) is 11.5 Å². The second-order valence-electron chi connectivity index (χ2n) is 6.66. The normalized spacial score (nSPS) is 10.5. The van der Waals surface area contributed by atoms with Gasteiger partial charge in [-0.1, -0.05) is 29.8 Å². The van der Waals surface area contributed by atoms with Crippen molar-refractivity contribution in [3.63, 3.8) is 0 Å². The molecule has 156 valence electrons. The van der Waals surface area contributed by atoms with Crippen molar-refractivity contribution in [2.45, 2.75) is 20.1 Å². The molecule has 0 aliphatic rings. The molecule has 2 N–H and O–H groups in total. The predicted octanol–water partition coefficient (Wildman–Crippen LogP) is 5.69. The van der Waals surface area contributed by atoms with Crippen LogP contribution >= 0.6 is 11.6 Å². The monoisotopic (exact) mass is 429 g/mol. The third-order valence-corrected chi connectivity index (χ3v) is 4.98. The summed E-state index contributed by atoms with van der Waals surface area (Å²) in [5, 5.41) is 12.7. The van der Waals surface area contributed by atoms with Gasteiger partial charge in [0, 0.05) is 17.8 Å². The molecular formula is C23H21ClFNO4. The van der Waals surface area contributed by atoms with E-state index in [1.807, 2.05) is 19.1 Å². The van der Waals surface area contributed by atoms with E-state index in [9.17, 15) is 9.18 Å². The third-order valence-electron chi connectivity index (χ3n) is 4.63. The minimum Gasteiger partial charge on any atom is -0.493 e. The Kier molecular flexibility index (Phi) is 6.79. The summed E-state index contributed by atoms with van der Waals surface area (Å²) < 4.78 is 25.1. The Labute approximate surface area is 179 Å². The topological polar surface area (TPSA) is 67.8 Å². The van der Waals surface area contributed by atoms with E-state index in [0.29, 0.717) is 23.1 Å². The summed E-state index contributed by atoms with van der Waals surface area (Å²) in [6, 6.07) is 14.8. The maximum atomic E-state index is 13.9. The van der Waals surface area contributed by atoms with E-state index in [0.717, 1.165) is 16.8 Å². The SMILES string of the molecule is COc1cc(CNc2cc(C(=O)O)ccc2C)ccc1OCc1c(F)cccc1Cl. The number of carbonyl (C=O) groups is 1. The number of carboxylic acid groups (broad SMARTS) is 1. The van der Waals surface area contributed by atoms with Crippen molar-refractivity contribution in [1.29, 1.82) is 0 Å². The molecule has 0 radical (unpaired) electrons. The number of methoxy groups -OCH3 is 1. The molecule has 0 saturated heterocycles. The van der Waals surface area contributed by atoms with E-state index in [2.05, 4.69) is 5.32 Å². The van der Waals surface area contributed by atoms with Gasteiger partial charge in [-0.3, -0.25) is 0 Å². The second-order valence-corrected chi connectivity index (χ2v) is 7.07. The van der Waals surface area contributed by atoms with Gasteiger partial charge in [0.05, 0.1) is 17.7 Å². The molecule has 0 bridgehead atoms. The Hall–Kier alpha value is -3.25. The molecule has 5 nitrogen and oxygen atoms in total. The Morgan fingerprint density at radius 3 is 2.63 bits per heavy atom. The van der Waals surface area contributed by atoms with Crippen LogP contribution in [0.15, 0.2) is 54.6 Å². The predicted molar refractivity (Wildman–Crippen MR) is 114 cm³/mol. The van der Waals surface area contributed by atoms with Gasteiger partial charge < -0.3 is 19.9 Å². The van der Waals surface area contributed by atoms with Crippen LogP contribution < -0.4 is 14.8 Å². The molecule has 0 aliphatic carbocycles. The summed E-state index contributed by atoms with van der Waals surface area (Å²) >= 11 is 6.04. The smallest absolute Gasteiger partial charge is 0.335 e. The number of hydrogen-bond acceptors (Lipinski definition) is 4. The van der Waals surface area contributed by atoms with Crippen LogP contribution in [0.3, 0.4) is 0 Å². The van der Waals surface area contributed by atoms with E-state index in [-0.39, 0.29) is 17.7 Å². The van der Waals surface area contributed by atoms with Crippen LogP contribution in [0.25, 0.3) is 0 Å². The van der Waals surface area contributed by atoms with Gasteiger partial charge in [0.1, 0.15) is 12.4 Å². The van der Waals surface area contributed by atoms with E-state index < -0.39 is 11.8 Å². The zero-order valence-corrected chi connectivity index (χ0v) is 17.3. The molecule has 30 heavy (non-hydrogen) atoms. The molecule has 0 aromatic heterocycles. The molecule has 3 aromatic carbocycles. The number of carboxylic acids is 1. The molecule has 0 aliphatic heterocycles. The summed E-state index contributed by atoms with van der Waals surface area (Å²) in [5.74, 6) is -0.445. The van der Waals surface area contributed by atoms with Crippen LogP contribution in [-0.2, 0) is 13.2 Å². The Balaban J connectivity index is 1.71. The van der Waals surface area contributed by atoms with Crippen molar-refractivity contribution < 1.29 is 23.8 Å². The summed E-state index contributed by atoms with van der Waals surface area (Å²) in [7, 11) is 1.52. The van der Waals surface area contributed by atoms with Crippen molar-refractivity contribution in [2.24, 2.45) is 0 Å². The number of aryl methyl sites for hydroxylation is 1. The van der Waals surface area contributed by atoms with Crippen LogP contribution in [0.2, 0.25) is 5.02 Å². The van der Waals surface area contributed by atoms with Crippen LogP contribution in [0.4, 0.5) is 10.1 Å². The molecule has 0 atom stereocenters. The van der Waals surface area contributed by atoms with Crippen molar-refractivity contribution in [3.05, 3.63) is 87.7 Å². The maximum Gasteiger partial charge on any atom is 0.335 e. The summed E-state index contributed by atoms with van der Waals surface area (Å²) in [5.41, 5.74) is 3.08. The third kappa shape index (κ3) is 5.02. The summed E-state index contributed by atoms with van der Waals surface area (Å²) in [6.07, 6.45) is 0. The van der Waals surface area contributed by atoms with Crippen molar-refractivity contribution >= 4 is 23.3 Å². The van der Waals surface area contributed by atoms with Crippen LogP contribution in [-0.4, -0.2) is 18.2 Å². The van der Waals surface area contributed by atoms with Gasteiger partial charge in [0.25, 0.3) is 0 Å². The van der Waals surface area contributed by atoms with Crippen molar-refractivity contribution in [1.82, 2.24) is 0 Å². The number of rotatable bonds is 8. The van der Waals surface area contributed by atoms with E-state index in [1.54, 1.807) is 30.3 Å². The highest BCUT2D eigenvalue weighted by atomic mass is 35.5.